The fraction of sp³-hybridized carbons (Fsp3) is 0.929. The minimum Gasteiger partial charge on any atom is -0.468 e. The van der Waals surface area contributed by atoms with E-state index in [9.17, 15) is 13.2 Å². The third kappa shape index (κ3) is 3.76. The van der Waals surface area contributed by atoms with Gasteiger partial charge in [0.25, 0.3) is 0 Å². The number of nitrogens with zero attached hydrogens (tertiary/aromatic N) is 1. The van der Waals surface area contributed by atoms with Crippen molar-refractivity contribution in [2.24, 2.45) is 0 Å². The molecule has 7 heteroatoms. The van der Waals surface area contributed by atoms with Gasteiger partial charge in [0.15, 0.2) is 9.84 Å². The molecular formula is C14H26N2O4S. The van der Waals surface area contributed by atoms with E-state index in [1.54, 1.807) is 0 Å². The van der Waals surface area contributed by atoms with Gasteiger partial charge < -0.3 is 10.1 Å². The van der Waals surface area contributed by atoms with E-state index in [-0.39, 0.29) is 23.5 Å². The van der Waals surface area contributed by atoms with Crippen LogP contribution in [0.15, 0.2) is 0 Å². The van der Waals surface area contributed by atoms with Gasteiger partial charge in [0.1, 0.15) is 5.54 Å². The Hall–Kier alpha value is -0.660. The van der Waals surface area contributed by atoms with Crippen LogP contribution in [-0.4, -0.2) is 69.1 Å². The molecule has 0 aromatic carbocycles. The lowest BCUT2D eigenvalue weighted by Crippen LogP contribution is -2.53. The maximum absolute atomic E-state index is 12.2. The molecule has 1 aliphatic heterocycles. The highest BCUT2D eigenvalue weighted by Crippen LogP contribution is 2.34. The molecule has 2 atom stereocenters. The molecule has 0 radical (unpaired) electrons. The van der Waals surface area contributed by atoms with Crippen molar-refractivity contribution in [1.29, 1.82) is 0 Å². The fourth-order valence-corrected chi connectivity index (χ4v) is 4.63. The largest absolute Gasteiger partial charge is 0.468 e. The molecule has 0 bridgehead atoms. The number of carbonyl (C=O) groups excluding carboxylic acids is 1. The molecule has 2 fully saturated rings. The summed E-state index contributed by atoms with van der Waals surface area (Å²) in [5.74, 6) is 0.275. The first-order chi connectivity index (χ1) is 9.92. The van der Waals surface area contributed by atoms with Gasteiger partial charge in [0.2, 0.25) is 0 Å². The molecule has 0 amide bonds. The van der Waals surface area contributed by atoms with Crippen LogP contribution in [0, 0.1) is 0 Å². The first kappa shape index (κ1) is 16.7. The number of esters is 1. The standard InChI is InChI=1S/C14H26N2O4S/c1-3-6-15-14(13(17)20-2)5-4-12(11-14)16-7-9-21(18,19)10-8-16/h12,15H,3-11H2,1-2H3. The first-order valence-electron chi connectivity index (χ1n) is 7.70. The maximum atomic E-state index is 12.2. The number of rotatable bonds is 5. The predicted molar refractivity (Wildman–Crippen MR) is 80.9 cm³/mol. The summed E-state index contributed by atoms with van der Waals surface area (Å²) < 4.78 is 28.0. The third-order valence-electron chi connectivity index (χ3n) is 4.67. The van der Waals surface area contributed by atoms with Crippen LogP contribution in [0.2, 0.25) is 0 Å². The molecule has 1 saturated carbocycles. The third-order valence-corrected chi connectivity index (χ3v) is 6.28. The Kier molecular flexibility index (Phi) is 5.27. The zero-order valence-electron chi connectivity index (χ0n) is 12.9. The molecule has 2 aliphatic rings. The predicted octanol–water partition coefficient (Wildman–Crippen LogP) is 0.181. The number of methoxy groups -OCH3 is 1. The summed E-state index contributed by atoms with van der Waals surface area (Å²) in [5.41, 5.74) is -0.592. The molecule has 0 spiro atoms. The lowest BCUT2D eigenvalue weighted by Gasteiger charge is -2.34. The Balaban J connectivity index is 2.01. The molecule has 0 aromatic rings. The summed E-state index contributed by atoms with van der Waals surface area (Å²) in [6.45, 7) is 4.02. The van der Waals surface area contributed by atoms with Crippen molar-refractivity contribution in [3.8, 4) is 0 Å². The monoisotopic (exact) mass is 318 g/mol. The van der Waals surface area contributed by atoms with Crippen LogP contribution >= 0.6 is 0 Å². The average molecular weight is 318 g/mol. The highest BCUT2D eigenvalue weighted by Gasteiger charge is 2.47. The highest BCUT2D eigenvalue weighted by atomic mass is 32.2. The van der Waals surface area contributed by atoms with Gasteiger partial charge in [-0.1, -0.05) is 6.92 Å². The lowest BCUT2D eigenvalue weighted by atomic mass is 9.97. The van der Waals surface area contributed by atoms with Crippen LogP contribution in [0.5, 0.6) is 0 Å². The number of sulfone groups is 1. The minimum atomic E-state index is -2.86. The molecule has 6 nitrogen and oxygen atoms in total. The molecule has 1 N–H and O–H groups in total. The van der Waals surface area contributed by atoms with Gasteiger partial charge in [-0.2, -0.15) is 0 Å². The number of nitrogens with one attached hydrogen (secondary N) is 1. The number of ether oxygens (including phenoxy) is 1. The van der Waals surface area contributed by atoms with E-state index in [0.29, 0.717) is 19.5 Å². The van der Waals surface area contributed by atoms with E-state index in [0.717, 1.165) is 25.8 Å². The smallest absolute Gasteiger partial charge is 0.326 e. The molecule has 1 aliphatic carbocycles. The van der Waals surface area contributed by atoms with Crippen molar-refractivity contribution in [1.82, 2.24) is 10.2 Å². The van der Waals surface area contributed by atoms with Crippen LogP contribution in [0.4, 0.5) is 0 Å². The van der Waals surface area contributed by atoms with Crippen LogP contribution in [0.3, 0.4) is 0 Å². The number of carbonyl (C=O) groups is 1. The van der Waals surface area contributed by atoms with Gasteiger partial charge >= 0.3 is 5.97 Å². The second kappa shape index (κ2) is 6.62. The number of hydrogen-bond acceptors (Lipinski definition) is 6. The van der Waals surface area contributed by atoms with Crippen molar-refractivity contribution in [3.63, 3.8) is 0 Å². The highest BCUT2D eigenvalue weighted by molar-refractivity contribution is 7.91. The van der Waals surface area contributed by atoms with E-state index >= 15 is 0 Å². The zero-order chi connectivity index (χ0) is 15.5. The molecule has 2 unspecified atom stereocenters. The van der Waals surface area contributed by atoms with E-state index in [2.05, 4.69) is 17.1 Å². The van der Waals surface area contributed by atoms with Gasteiger partial charge in [0.05, 0.1) is 18.6 Å². The van der Waals surface area contributed by atoms with E-state index in [4.69, 9.17) is 4.74 Å². The van der Waals surface area contributed by atoms with Gasteiger partial charge in [-0.15, -0.1) is 0 Å². The molecule has 21 heavy (non-hydrogen) atoms. The van der Waals surface area contributed by atoms with Crippen LogP contribution in [0.1, 0.15) is 32.6 Å². The van der Waals surface area contributed by atoms with Gasteiger partial charge in [-0.3, -0.25) is 9.69 Å². The number of hydrogen-bond donors (Lipinski definition) is 1. The quantitative estimate of drug-likeness (QED) is 0.729. The van der Waals surface area contributed by atoms with Gasteiger partial charge in [-0.05, 0) is 32.2 Å². The molecular weight excluding hydrogens is 292 g/mol. The van der Waals surface area contributed by atoms with Crippen molar-refractivity contribution in [2.45, 2.75) is 44.2 Å². The Labute approximate surface area is 127 Å². The van der Waals surface area contributed by atoms with Crippen LogP contribution in [-0.2, 0) is 19.4 Å². The molecule has 0 aromatic heterocycles. The second-order valence-electron chi connectivity index (χ2n) is 6.08. The van der Waals surface area contributed by atoms with Crippen LogP contribution in [0.25, 0.3) is 0 Å². The van der Waals surface area contributed by atoms with E-state index < -0.39 is 15.4 Å². The summed E-state index contributed by atoms with van der Waals surface area (Å²) in [4.78, 5) is 14.4. The van der Waals surface area contributed by atoms with Gasteiger partial charge in [-0.25, -0.2) is 8.42 Å². The average Bonchev–Trinajstić information content (AvgIpc) is 2.90. The first-order valence-corrected chi connectivity index (χ1v) is 9.52. The van der Waals surface area contributed by atoms with Crippen molar-refractivity contribution in [3.05, 3.63) is 0 Å². The Bertz CT molecular complexity index is 465. The summed E-state index contributed by atoms with van der Waals surface area (Å²) in [5, 5.41) is 3.36. The molecule has 2 rings (SSSR count). The summed E-state index contributed by atoms with van der Waals surface area (Å²) in [6.07, 6.45) is 3.34. The maximum Gasteiger partial charge on any atom is 0.326 e. The van der Waals surface area contributed by atoms with Crippen molar-refractivity contribution < 1.29 is 17.9 Å². The zero-order valence-corrected chi connectivity index (χ0v) is 13.7. The summed E-state index contributed by atoms with van der Waals surface area (Å²) in [6, 6.07) is 0.268. The fourth-order valence-electron chi connectivity index (χ4n) is 3.40. The normalized spacial score (nSPS) is 33.0. The topological polar surface area (TPSA) is 75.7 Å². The summed E-state index contributed by atoms with van der Waals surface area (Å²) >= 11 is 0. The Morgan fingerprint density at radius 2 is 2.05 bits per heavy atom. The van der Waals surface area contributed by atoms with Crippen LogP contribution < -0.4 is 5.32 Å². The molecule has 1 saturated heterocycles. The van der Waals surface area contributed by atoms with E-state index in [1.807, 2.05) is 0 Å². The minimum absolute atomic E-state index is 0.192. The summed E-state index contributed by atoms with van der Waals surface area (Å²) in [7, 11) is -1.43. The van der Waals surface area contributed by atoms with Crippen molar-refractivity contribution in [2.75, 3.05) is 38.2 Å². The second-order valence-corrected chi connectivity index (χ2v) is 8.39. The molecule has 122 valence electrons. The molecule has 1 heterocycles. The SMILES string of the molecule is CCCNC1(C(=O)OC)CCC(N2CCS(=O)(=O)CC2)C1. The van der Waals surface area contributed by atoms with E-state index in [1.165, 1.54) is 7.11 Å². The Morgan fingerprint density at radius 3 is 2.62 bits per heavy atom. The Morgan fingerprint density at radius 1 is 1.38 bits per heavy atom. The van der Waals surface area contributed by atoms with Gasteiger partial charge in [0, 0.05) is 19.1 Å². The van der Waals surface area contributed by atoms with Crippen molar-refractivity contribution >= 4 is 15.8 Å². The lowest BCUT2D eigenvalue weighted by molar-refractivity contribution is -0.148.